The molecular formula is C29H35NO5. The molecule has 0 amide bonds. The van der Waals surface area contributed by atoms with Gasteiger partial charge in [-0.1, -0.05) is 18.2 Å². The molecule has 0 fully saturated rings. The largest absolute Gasteiger partial charge is 0.492 e. The molecule has 1 N–H and O–H groups in total. The number of carbonyl (C=O) groups is 1. The van der Waals surface area contributed by atoms with E-state index in [4.69, 9.17) is 18.9 Å². The maximum atomic E-state index is 12.5. The van der Waals surface area contributed by atoms with Crippen LogP contribution in [-0.2, 0) is 9.53 Å². The van der Waals surface area contributed by atoms with Crippen LogP contribution in [-0.4, -0.2) is 31.8 Å². The molecule has 0 aromatic heterocycles. The van der Waals surface area contributed by atoms with E-state index in [1.54, 1.807) is 13.2 Å². The van der Waals surface area contributed by atoms with Crippen molar-refractivity contribution in [1.29, 1.82) is 0 Å². The first-order valence-electron chi connectivity index (χ1n) is 12.2. The third kappa shape index (κ3) is 4.94. The molecule has 4 rings (SSSR count). The predicted octanol–water partition coefficient (Wildman–Crippen LogP) is 6.70. The number of methoxy groups -OCH3 is 1. The fourth-order valence-corrected chi connectivity index (χ4v) is 5.05. The number of carbonyl (C=O) groups excluding carboxylic acids is 1. The summed E-state index contributed by atoms with van der Waals surface area (Å²) in [6, 6.07) is 7.80. The van der Waals surface area contributed by atoms with E-state index in [0.717, 1.165) is 27.9 Å². The molecule has 0 spiro atoms. The molecule has 1 atom stereocenters. The van der Waals surface area contributed by atoms with Crippen LogP contribution in [0.15, 0.2) is 43.0 Å². The van der Waals surface area contributed by atoms with Gasteiger partial charge in [0.05, 0.1) is 18.2 Å². The first-order chi connectivity index (χ1) is 16.8. The number of rotatable bonds is 9. The number of hydrogen-bond donors (Lipinski definition) is 1. The van der Waals surface area contributed by atoms with Gasteiger partial charge in [0.25, 0.3) is 0 Å². The number of ether oxygens (including phenoxy) is 4. The zero-order chi connectivity index (χ0) is 25.2. The second-order valence-electron chi connectivity index (χ2n) is 9.50. The quantitative estimate of drug-likeness (QED) is 0.188. The maximum Gasteiger partial charge on any atom is 0.311 e. The van der Waals surface area contributed by atoms with E-state index in [-0.39, 0.29) is 24.0 Å². The zero-order valence-corrected chi connectivity index (χ0v) is 21.3. The molecule has 0 saturated carbocycles. The number of nitrogens with one attached hydrogen (secondary N) is 1. The van der Waals surface area contributed by atoms with Crippen LogP contribution in [0.2, 0.25) is 0 Å². The monoisotopic (exact) mass is 477 g/mol. The van der Waals surface area contributed by atoms with Gasteiger partial charge in [0.15, 0.2) is 11.5 Å². The highest BCUT2D eigenvalue weighted by atomic mass is 16.6. The highest BCUT2D eigenvalue weighted by Gasteiger charge is 2.35. The van der Waals surface area contributed by atoms with Gasteiger partial charge >= 0.3 is 5.97 Å². The van der Waals surface area contributed by atoms with Crippen molar-refractivity contribution < 1.29 is 23.7 Å². The molecule has 186 valence electrons. The molecule has 2 heterocycles. The molecule has 0 bridgehead atoms. The van der Waals surface area contributed by atoms with Crippen LogP contribution in [0.5, 0.6) is 17.2 Å². The average molecular weight is 478 g/mol. The molecule has 35 heavy (non-hydrogen) atoms. The van der Waals surface area contributed by atoms with Crippen LogP contribution in [0.3, 0.4) is 0 Å². The molecule has 2 aliphatic rings. The first kappa shape index (κ1) is 24.9. The molecule has 6 heteroatoms. The van der Waals surface area contributed by atoms with Crippen molar-refractivity contribution in [3.05, 3.63) is 54.1 Å². The Labute approximate surface area is 207 Å². The first-order valence-corrected chi connectivity index (χ1v) is 12.2. The Balaban J connectivity index is 1.79. The minimum Gasteiger partial charge on any atom is -0.492 e. The predicted molar refractivity (Wildman–Crippen MR) is 139 cm³/mol. The number of allylic oxidation sites excluding steroid dienone is 1. The summed E-state index contributed by atoms with van der Waals surface area (Å²) in [5, 5.41) is 3.63. The van der Waals surface area contributed by atoms with Gasteiger partial charge in [-0.3, -0.25) is 4.79 Å². The van der Waals surface area contributed by atoms with Gasteiger partial charge in [0, 0.05) is 42.9 Å². The minimum atomic E-state index is -0.319. The van der Waals surface area contributed by atoms with Gasteiger partial charge in [0.1, 0.15) is 11.9 Å². The fourth-order valence-electron chi connectivity index (χ4n) is 5.05. The topological polar surface area (TPSA) is 66.0 Å². The summed E-state index contributed by atoms with van der Waals surface area (Å²) in [6.45, 7) is 13.5. The summed E-state index contributed by atoms with van der Waals surface area (Å²) in [5.41, 5.74) is 6.15. The Bertz CT molecular complexity index is 1160. The fraction of sp³-hybridized carbons (Fsp3) is 0.414. The van der Waals surface area contributed by atoms with Gasteiger partial charge in [0.2, 0.25) is 0 Å². The SMILES string of the molecule is C=CCC1Oc2ccc(OC(=O)CCCOCC)c(OC)c2-c2ccc3c(c21)C(C)=CC(C)(C)N3. The Morgan fingerprint density at radius 2 is 2.03 bits per heavy atom. The summed E-state index contributed by atoms with van der Waals surface area (Å²) < 4.78 is 23.3. The van der Waals surface area contributed by atoms with Crippen LogP contribution < -0.4 is 19.5 Å². The Morgan fingerprint density at radius 1 is 1.23 bits per heavy atom. The van der Waals surface area contributed by atoms with E-state index < -0.39 is 0 Å². The van der Waals surface area contributed by atoms with Gasteiger partial charge in [-0.15, -0.1) is 6.58 Å². The highest BCUT2D eigenvalue weighted by Crippen LogP contribution is 2.54. The van der Waals surface area contributed by atoms with Crippen molar-refractivity contribution in [2.24, 2.45) is 0 Å². The summed E-state index contributed by atoms with van der Waals surface area (Å²) in [4.78, 5) is 12.5. The van der Waals surface area contributed by atoms with Crippen LogP contribution in [0.4, 0.5) is 5.69 Å². The number of fused-ring (bicyclic) bond motifs is 5. The third-order valence-electron chi connectivity index (χ3n) is 6.30. The van der Waals surface area contributed by atoms with E-state index in [1.165, 1.54) is 5.57 Å². The molecule has 0 saturated heterocycles. The van der Waals surface area contributed by atoms with Gasteiger partial charge < -0.3 is 24.3 Å². The lowest BCUT2D eigenvalue weighted by molar-refractivity contribution is -0.134. The van der Waals surface area contributed by atoms with Crippen LogP contribution >= 0.6 is 0 Å². The molecule has 2 aromatic rings. The lowest BCUT2D eigenvalue weighted by atomic mass is 9.81. The Morgan fingerprint density at radius 3 is 2.74 bits per heavy atom. The van der Waals surface area contributed by atoms with Gasteiger partial charge in [-0.05, 0) is 63.5 Å². The minimum absolute atomic E-state index is 0.145. The van der Waals surface area contributed by atoms with Crippen molar-refractivity contribution >= 4 is 17.2 Å². The zero-order valence-electron chi connectivity index (χ0n) is 21.3. The lowest BCUT2D eigenvalue weighted by Crippen LogP contribution is -2.32. The molecule has 0 radical (unpaired) electrons. The van der Waals surface area contributed by atoms with Crippen molar-refractivity contribution in [2.45, 2.75) is 58.6 Å². The third-order valence-corrected chi connectivity index (χ3v) is 6.30. The van der Waals surface area contributed by atoms with E-state index in [9.17, 15) is 4.79 Å². The second kappa shape index (κ2) is 10.2. The van der Waals surface area contributed by atoms with Crippen LogP contribution in [0.1, 0.15) is 64.2 Å². The van der Waals surface area contributed by atoms with Gasteiger partial charge in [-0.25, -0.2) is 0 Å². The highest BCUT2D eigenvalue weighted by molar-refractivity contribution is 5.92. The second-order valence-corrected chi connectivity index (χ2v) is 9.50. The Hall–Kier alpha value is -3.25. The average Bonchev–Trinajstić information content (AvgIpc) is 2.81. The number of anilines is 1. The number of benzene rings is 2. The smallest absolute Gasteiger partial charge is 0.311 e. The van der Waals surface area contributed by atoms with Crippen molar-refractivity contribution in [3.63, 3.8) is 0 Å². The number of esters is 1. The maximum absolute atomic E-state index is 12.5. The van der Waals surface area contributed by atoms with Crippen molar-refractivity contribution in [2.75, 3.05) is 25.6 Å². The van der Waals surface area contributed by atoms with E-state index in [0.29, 0.717) is 43.3 Å². The molecule has 0 aliphatic carbocycles. The van der Waals surface area contributed by atoms with Crippen LogP contribution in [0, 0.1) is 0 Å². The van der Waals surface area contributed by atoms with Crippen molar-refractivity contribution in [1.82, 2.24) is 0 Å². The molecule has 1 unspecified atom stereocenters. The van der Waals surface area contributed by atoms with Gasteiger partial charge in [-0.2, -0.15) is 0 Å². The standard InChI is InChI=1S/C29H35NO5/c1-7-10-21-26-19(12-13-20-25(26)18(3)17-29(4,5)30-20)27-22(34-21)14-15-23(28(27)32-6)35-24(31)11-9-16-33-8-2/h7,12-15,17,21,30H,1,8-11,16H2,2-6H3. The van der Waals surface area contributed by atoms with Crippen molar-refractivity contribution in [3.8, 4) is 28.4 Å². The lowest BCUT2D eigenvalue weighted by Gasteiger charge is -2.37. The normalized spacial score (nSPS) is 17.1. The van der Waals surface area contributed by atoms with E-state index >= 15 is 0 Å². The summed E-state index contributed by atoms with van der Waals surface area (Å²) in [7, 11) is 1.59. The molecule has 6 nitrogen and oxygen atoms in total. The van der Waals surface area contributed by atoms with E-state index in [1.807, 2.05) is 19.1 Å². The molecule has 2 aliphatic heterocycles. The summed E-state index contributed by atoms with van der Waals surface area (Å²) in [6.07, 6.45) is 5.48. The van der Waals surface area contributed by atoms with Crippen LogP contribution in [0.25, 0.3) is 16.7 Å². The Kier molecular flexibility index (Phi) is 7.22. The molecule has 2 aromatic carbocycles. The number of hydrogen-bond acceptors (Lipinski definition) is 6. The van der Waals surface area contributed by atoms with E-state index in [2.05, 4.69) is 50.9 Å². The summed E-state index contributed by atoms with van der Waals surface area (Å²) >= 11 is 0. The molecular weight excluding hydrogens is 442 g/mol. The summed E-state index contributed by atoms with van der Waals surface area (Å²) in [5.74, 6) is 1.25.